The van der Waals surface area contributed by atoms with Crippen LogP contribution in [0, 0.1) is 5.92 Å². The van der Waals surface area contributed by atoms with Gasteiger partial charge in [0.15, 0.2) is 0 Å². The molecule has 0 radical (unpaired) electrons. The molecule has 0 bridgehead atoms. The molecule has 2 rings (SSSR count). The largest absolute Gasteiger partial charge is 0.468 e. The fourth-order valence-corrected chi connectivity index (χ4v) is 2.82. The van der Waals surface area contributed by atoms with Crippen molar-refractivity contribution in [2.45, 2.75) is 32.4 Å². The predicted octanol–water partition coefficient (Wildman–Crippen LogP) is 2.27. The quantitative estimate of drug-likeness (QED) is 0.832. The molecule has 0 amide bonds. The van der Waals surface area contributed by atoms with Crippen molar-refractivity contribution in [1.82, 2.24) is 10.2 Å². The molecular weight excluding hydrogens is 200 g/mol. The van der Waals surface area contributed by atoms with Gasteiger partial charge >= 0.3 is 0 Å². The van der Waals surface area contributed by atoms with Gasteiger partial charge in [-0.3, -0.25) is 4.90 Å². The average Bonchev–Trinajstić information content (AvgIpc) is 2.73. The van der Waals surface area contributed by atoms with Crippen LogP contribution in [0.4, 0.5) is 0 Å². The van der Waals surface area contributed by atoms with Crippen molar-refractivity contribution in [1.29, 1.82) is 0 Å². The van der Waals surface area contributed by atoms with Crippen molar-refractivity contribution in [3.05, 3.63) is 24.2 Å². The van der Waals surface area contributed by atoms with E-state index in [0.29, 0.717) is 18.0 Å². The zero-order valence-corrected chi connectivity index (χ0v) is 10.4. The van der Waals surface area contributed by atoms with Crippen LogP contribution >= 0.6 is 0 Å². The molecule has 0 aromatic carbocycles. The first-order chi connectivity index (χ1) is 7.74. The standard InChI is InChI=1S/C13H22N2O/c1-4-11-10(2)13(12-6-5-9-16-12)15(3)8-7-14-11/h5-6,9-11,13-14H,4,7-8H2,1-3H3/t10-,11?,13-/m1/s1. The van der Waals surface area contributed by atoms with E-state index >= 15 is 0 Å². The summed E-state index contributed by atoms with van der Waals surface area (Å²) in [5, 5.41) is 3.62. The second-order valence-electron chi connectivity index (χ2n) is 4.77. The molecule has 16 heavy (non-hydrogen) atoms. The highest BCUT2D eigenvalue weighted by molar-refractivity contribution is 5.08. The summed E-state index contributed by atoms with van der Waals surface area (Å²) in [4.78, 5) is 2.40. The van der Waals surface area contributed by atoms with Crippen molar-refractivity contribution >= 4 is 0 Å². The molecule has 1 saturated heterocycles. The first-order valence-electron chi connectivity index (χ1n) is 6.21. The summed E-state index contributed by atoms with van der Waals surface area (Å²) in [5.41, 5.74) is 0. The van der Waals surface area contributed by atoms with Crippen LogP contribution in [-0.4, -0.2) is 31.1 Å². The number of likely N-dealkylation sites (N-methyl/N-ethyl adjacent to an activating group) is 1. The maximum Gasteiger partial charge on any atom is 0.121 e. The van der Waals surface area contributed by atoms with E-state index in [9.17, 15) is 0 Å². The van der Waals surface area contributed by atoms with Gasteiger partial charge in [-0.1, -0.05) is 13.8 Å². The van der Waals surface area contributed by atoms with Gasteiger partial charge in [0.1, 0.15) is 5.76 Å². The minimum absolute atomic E-state index is 0.398. The highest BCUT2D eigenvalue weighted by Gasteiger charge is 2.32. The third-order valence-corrected chi connectivity index (χ3v) is 3.75. The Morgan fingerprint density at radius 3 is 3.00 bits per heavy atom. The Bertz CT molecular complexity index is 310. The molecule has 0 saturated carbocycles. The highest BCUT2D eigenvalue weighted by Crippen LogP contribution is 2.32. The molecule has 3 heteroatoms. The van der Waals surface area contributed by atoms with Crippen molar-refractivity contribution in [3.8, 4) is 0 Å². The summed E-state index contributed by atoms with van der Waals surface area (Å²) in [6, 6.07) is 5.06. The second kappa shape index (κ2) is 5.02. The van der Waals surface area contributed by atoms with E-state index in [4.69, 9.17) is 4.42 Å². The van der Waals surface area contributed by atoms with Crippen LogP contribution in [0.2, 0.25) is 0 Å². The smallest absolute Gasteiger partial charge is 0.121 e. The molecule has 1 fully saturated rings. The molecule has 90 valence electrons. The van der Waals surface area contributed by atoms with E-state index in [-0.39, 0.29) is 0 Å². The van der Waals surface area contributed by atoms with E-state index in [1.165, 1.54) is 6.42 Å². The van der Waals surface area contributed by atoms with Gasteiger partial charge in [0.05, 0.1) is 12.3 Å². The number of furan rings is 1. The molecule has 1 aliphatic heterocycles. The summed E-state index contributed by atoms with van der Waals surface area (Å²) in [6.45, 7) is 6.71. The fraction of sp³-hybridized carbons (Fsp3) is 0.692. The van der Waals surface area contributed by atoms with E-state index in [1.807, 2.05) is 6.07 Å². The lowest BCUT2D eigenvalue weighted by Gasteiger charge is -2.31. The van der Waals surface area contributed by atoms with Crippen LogP contribution in [0.1, 0.15) is 32.1 Å². The monoisotopic (exact) mass is 222 g/mol. The molecule has 1 aliphatic rings. The summed E-state index contributed by atoms with van der Waals surface area (Å²) in [7, 11) is 2.18. The topological polar surface area (TPSA) is 28.4 Å². The van der Waals surface area contributed by atoms with Crippen molar-refractivity contribution < 1.29 is 4.42 Å². The summed E-state index contributed by atoms with van der Waals surface area (Å²) >= 11 is 0. The van der Waals surface area contributed by atoms with E-state index < -0.39 is 0 Å². The average molecular weight is 222 g/mol. The molecule has 0 aliphatic carbocycles. The van der Waals surface area contributed by atoms with E-state index in [0.717, 1.165) is 18.8 Å². The zero-order chi connectivity index (χ0) is 11.5. The lowest BCUT2D eigenvalue weighted by Crippen LogP contribution is -2.36. The molecular formula is C13H22N2O. The van der Waals surface area contributed by atoms with Gasteiger partial charge in [-0.05, 0) is 31.5 Å². The Balaban J connectivity index is 2.24. The van der Waals surface area contributed by atoms with Crippen molar-refractivity contribution in [2.24, 2.45) is 5.92 Å². The molecule has 2 heterocycles. The van der Waals surface area contributed by atoms with Gasteiger partial charge < -0.3 is 9.73 Å². The Labute approximate surface area is 97.8 Å². The van der Waals surface area contributed by atoms with Gasteiger partial charge in [0, 0.05) is 19.1 Å². The lowest BCUT2D eigenvalue weighted by atomic mass is 9.90. The van der Waals surface area contributed by atoms with Crippen LogP contribution in [-0.2, 0) is 0 Å². The summed E-state index contributed by atoms with van der Waals surface area (Å²) in [5.74, 6) is 1.67. The van der Waals surface area contributed by atoms with Crippen LogP contribution in [0.15, 0.2) is 22.8 Å². The SMILES string of the molecule is CCC1NCCN(C)[C@@H](c2ccco2)[C@@H]1C. The zero-order valence-electron chi connectivity index (χ0n) is 10.4. The number of hydrogen-bond donors (Lipinski definition) is 1. The summed E-state index contributed by atoms with van der Waals surface area (Å²) in [6.07, 6.45) is 2.95. The van der Waals surface area contributed by atoms with Crippen molar-refractivity contribution in [3.63, 3.8) is 0 Å². The molecule has 0 spiro atoms. The molecule has 1 aromatic heterocycles. The van der Waals surface area contributed by atoms with Gasteiger partial charge in [-0.25, -0.2) is 0 Å². The number of hydrogen-bond acceptors (Lipinski definition) is 3. The van der Waals surface area contributed by atoms with Crippen molar-refractivity contribution in [2.75, 3.05) is 20.1 Å². The maximum absolute atomic E-state index is 5.59. The van der Waals surface area contributed by atoms with Gasteiger partial charge in [0.25, 0.3) is 0 Å². The summed E-state index contributed by atoms with van der Waals surface area (Å²) < 4.78 is 5.59. The van der Waals surface area contributed by atoms with Gasteiger partial charge in [-0.15, -0.1) is 0 Å². The number of rotatable bonds is 2. The Morgan fingerprint density at radius 1 is 1.56 bits per heavy atom. The number of nitrogens with one attached hydrogen (secondary N) is 1. The highest BCUT2D eigenvalue weighted by atomic mass is 16.3. The Hall–Kier alpha value is -0.800. The normalized spacial score (nSPS) is 32.6. The molecule has 1 unspecified atom stereocenters. The maximum atomic E-state index is 5.59. The van der Waals surface area contributed by atoms with Gasteiger partial charge in [-0.2, -0.15) is 0 Å². The minimum atomic E-state index is 0.398. The number of nitrogens with zero attached hydrogens (tertiary/aromatic N) is 1. The molecule has 1 aromatic rings. The molecule has 3 atom stereocenters. The van der Waals surface area contributed by atoms with Crippen LogP contribution < -0.4 is 5.32 Å². The first-order valence-corrected chi connectivity index (χ1v) is 6.21. The lowest BCUT2D eigenvalue weighted by molar-refractivity contribution is 0.165. The molecule has 3 nitrogen and oxygen atoms in total. The van der Waals surface area contributed by atoms with E-state index in [2.05, 4.69) is 37.2 Å². The third kappa shape index (κ3) is 2.15. The van der Waals surface area contributed by atoms with Crippen LogP contribution in [0.5, 0.6) is 0 Å². The molecule has 1 N–H and O–H groups in total. The third-order valence-electron chi connectivity index (χ3n) is 3.75. The van der Waals surface area contributed by atoms with Crippen LogP contribution in [0.25, 0.3) is 0 Å². The fourth-order valence-electron chi connectivity index (χ4n) is 2.82. The first kappa shape index (κ1) is 11.7. The van der Waals surface area contributed by atoms with Gasteiger partial charge in [0.2, 0.25) is 0 Å². The second-order valence-corrected chi connectivity index (χ2v) is 4.77. The Kier molecular flexibility index (Phi) is 3.66. The van der Waals surface area contributed by atoms with E-state index in [1.54, 1.807) is 6.26 Å². The minimum Gasteiger partial charge on any atom is -0.468 e. The van der Waals surface area contributed by atoms with Crippen LogP contribution in [0.3, 0.4) is 0 Å². The Morgan fingerprint density at radius 2 is 2.38 bits per heavy atom. The predicted molar refractivity (Wildman–Crippen MR) is 65.3 cm³/mol.